The smallest absolute Gasteiger partial charge is 0.287 e. The number of rotatable bonds is 3. The van der Waals surface area contributed by atoms with E-state index >= 15 is 0 Å². The average molecular weight is 242 g/mol. The summed E-state index contributed by atoms with van der Waals surface area (Å²) in [4.78, 5) is 11.7. The fourth-order valence-corrected chi connectivity index (χ4v) is 2.23. The first-order chi connectivity index (χ1) is 7.61. The van der Waals surface area contributed by atoms with Gasteiger partial charge in [0.1, 0.15) is 5.02 Å². The summed E-state index contributed by atoms with van der Waals surface area (Å²) < 4.78 is 1.36. The number of halogens is 1. The predicted octanol–water partition coefficient (Wildman–Crippen LogP) is 2.13. The van der Waals surface area contributed by atoms with Crippen LogP contribution >= 0.6 is 11.6 Å². The third-order valence-corrected chi connectivity index (χ3v) is 3.38. The maximum Gasteiger partial charge on any atom is 0.287 e. The van der Waals surface area contributed by atoms with Crippen LogP contribution in [0, 0.1) is 5.92 Å². The number of nitrogens with zero attached hydrogens (tertiary/aromatic N) is 2. The first kappa shape index (κ1) is 11.5. The maximum absolute atomic E-state index is 11.7. The molecule has 1 saturated carbocycles. The van der Waals surface area contributed by atoms with E-state index in [-0.39, 0.29) is 10.6 Å². The molecule has 0 spiro atoms. The molecular weight excluding hydrogens is 226 g/mol. The molecule has 0 unspecified atom stereocenters. The van der Waals surface area contributed by atoms with Gasteiger partial charge in [-0.25, -0.2) is 4.68 Å². The Bertz CT molecular complexity index is 437. The lowest BCUT2D eigenvalue weighted by molar-refractivity contribution is 0.309. The first-order valence-electron chi connectivity index (χ1n) is 5.64. The monoisotopic (exact) mass is 241 g/mol. The topological polar surface area (TPSA) is 46.9 Å². The molecule has 1 heterocycles. The zero-order valence-electron chi connectivity index (χ0n) is 9.53. The van der Waals surface area contributed by atoms with E-state index < -0.39 is 0 Å². The molecule has 0 aliphatic heterocycles. The molecule has 5 heteroatoms. The van der Waals surface area contributed by atoms with Crippen molar-refractivity contribution in [1.82, 2.24) is 9.78 Å². The standard InChI is InChI=1S/C11H16ClN3O/c1-3-15-11(16)10(12)9(6-13-15)14-8-4-7(2)5-8/h6-8,14H,3-5H2,1-2H3. The molecule has 1 aliphatic rings. The lowest BCUT2D eigenvalue weighted by atomic mass is 9.82. The number of aromatic nitrogens is 2. The van der Waals surface area contributed by atoms with Gasteiger partial charge in [0.2, 0.25) is 0 Å². The summed E-state index contributed by atoms with van der Waals surface area (Å²) in [5.41, 5.74) is 0.440. The second-order valence-corrected chi connectivity index (χ2v) is 4.79. The van der Waals surface area contributed by atoms with Crippen LogP contribution < -0.4 is 10.9 Å². The van der Waals surface area contributed by atoms with Gasteiger partial charge >= 0.3 is 0 Å². The second-order valence-electron chi connectivity index (χ2n) is 4.41. The van der Waals surface area contributed by atoms with Crippen LogP contribution in [0.1, 0.15) is 26.7 Å². The Morgan fingerprint density at radius 2 is 2.31 bits per heavy atom. The van der Waals surface area contributed by atoms with Gasteiger partial charge < -0.3 is 5.32 Å². The van der Waals surface area contributed by atoms with Crippen molar-refractivity contribution in [3.05, 3.63) is 21.6 Å². The van der Waals surface area contributed by atoms with Crippen molar-refractivity contribution in [1.29, 1.82) is 0 Å². The van der Waals surface area contributed by atoms with E-state index in [1.807, 2.05) is 6.92 Å². The van der Waals surface area contributed by atoms with Crippen molar-refractivity contribution >= 4 is 17.3 Å². The lowest BCUT2D eigenvalue weighted by Crippen LogP contribution is -2.35. The Morgan fingerprint density at radius 3 is 2.88 bits per heavy atom. The normalized spacial score (nSPS) is 23.9. The van der Waals surface area contributed by atoms with Crippen LogP contribution in [-0.2, 0) is 6.54 Å². The van der Waals surface area contributed by atoms with E-state index in [1.54, 1.807) is 6.20 Å². The Labute approximate surface area is 99.6 Å². The Morgan fingerprint density at radius 1 is 1.62 bits per heavy atom. The summed E-state index contributed by atoms with van der Waals surface area (Å²) in [5, 5.41) is 7.55. The second kappa shape index (κ2) is 4.45. The molecule has 4 nitrogen and oxygen atoms in total. The summed E-state index contributed by atoms with van der Waals surface area (Å²) in [6.07, 6.45) is 3.90. The predicted molar refractivity (Wildman–Crippen MR) is 65.0 cm³/mol. The van der Waals surface area contributed by atoms with E-state index in [4.69, 9.17) is 11.6 Å². The molecule has 0 saturated heterocycles. The van der Waals surface area contributed by atoms with Crippen molar-refractivity contribution in [3.8, 4) is 0 Å². The lowest BCUT2D eigenvalue weighted by Gasteiger charge is -2.34. The Kier molecular flexibility index (Phi) is 3.19. The summed E-state index contributed by atoms with van der Waals surface area (Å²) >= 11 is 6.00. The molecular formula is C11H16ClN3O. The number of nitrogens with one attached hydrogen (secondary N) is 1. The van der Waals surface area contributed by atoms with Crippen molar-refractivity contribution in [3.63, 3.8) is 0 Å². The molecule has 1 N–H and O–H groups in total. The largest absolute Gasteiger partial charge is 0.380 e. The minimum Gasteiger partial charge on any atom is -0.380 e. The van der Waals surface area contributed by atoms with Gasteiger partial charge in [-0.3, -0.25) is 4.79 Å². The fourth-order valence-electron chi connectivity index (χ4n) is 2.03. The van der Waals surface area contributed by atoms with Crippen LogP contribution in [0.25, 0.3) is 0 Å². The van der Waals surface area contributed by atoms with Crippen LogP contribution in [0.2, 0.25) is 5.02 Å². The summed E-state index contributed by atoms with van der Waals surface area (Å²) in [6.45, 7) is 4.62. The molecule has 0 bridgehead atoms. The molecule has 1 aromatic rings. The van der Waals surface area contributed by atoms with Crippen LogP contribution in [-0.4, -0.2) is 15.8 Å². The molecule has 88 valence electrons. The van der Waals surface area contributed by atoms with Crippen LogP contribution in [0.3, 0.4) is 0 Å². The molecule has 16 heavy (non-hydrogen) atoms. The van der Waals surface area contributed by atoms with Crippen molar-refractivity contribution < 1.29 is 0 Å². The minimum absolute atomic E-state index is 0.221. The summed E-state index contributed by atoms with van der Waals surface area (Å²) in [5.74, 6) is 0.764. The van der Waals surface area contributed by atoms with Gasteiger partial charge in [0, 0.05) is 12.6 Å². The SMILES string of the molecule is CCn1ncc(NC2CC(C)C2)c(Cl)c1=O. The Balaban J connectivity index is 2.16. The highest BCUT2D eigenvalue weighted by Crippen LogP contribution is 2.30. The van der Waals surface area contributed by atoms with Gasteiger partial charge in [0.15, 0.2) is 0 Å². The van der Waals surface area contributed by atoms with E-state index in [1.165, 1.54) is 4.68 Å². The maximum atomic E-state index is 11.7. The van der Waals surface area contributed by atoms with Crippen LogP contribution in [0.4, 0.5) is 5.69 Å². The van der Waals surface area contributed by atoms with Gasteiger partial charge in [-0.05, 0) is 25.7 Å². The van der Waals surface area contributed by atoms with Crippen LogP contribution in [0.15, 0.2) is 11.0 Å². The first-order valence-corrected chi connectivity index (χ1v) is 6.01. The van der Waals surface area contributed by atoms with Gasteiger partial charge in [-0.2, -0.15) is 5.10 Å². The highest BCUT2D eigenvalue weighted by molar-refractivity contribution is 6.32. The van der Waals surface area contributed by atoms with E-state index in [0.29, 0.717) is 18.3 Å². The summed E-state index contributed by atoms with van der Waals surface area (Å²) in [6, 6.07) is 0.436. The van der Waals surface area contributed by atoms with Crippen molar-refractivity contribution in [2.24, 2.45) is 5.92 Å². The minimum atomic E-state index is -0.221. The van der Waals surface area contributed by atoms with Crippen LogP contribution in [0.5, 0.6) is 0 Å². The number of aryl methyl sites for hydroxylation is 1. The van der Waals surface area contributed by atoms with Crippen molar-refractivity contribution in [2.45, 2.75) is 39.3 Å². The molecule has 1 fully saturated rings. The average Bonchev–Trinajstić information content (AvgIpc) is 2.23. The molecule has 0 atom stereocenters. The van der Waals surface area contributed by atoms with Gasteiger partial charge in [0.25, 0.3) is 5.56 Å². The molecule has 0 radical (unpaired) electrons. The van der Waals surface area contributed by atoms with E-state index in [0.717, 1.165) is 18.8 Å². The Hall–Kier alpha value is -1.03. The zero-order valence-corrected chi connectivity index (χ0v) is 10.3. The fraction of sp³-hybridized carbons (Fsp3) is 0.636. The summed E-state index contributed by atoms with van der Waals surface area (Å²) in [7, 11) is 0. The van der Waals surface area contributed by atoms with E-state index in [2.05, 4.69) is 17.3 Å². The van der Waals surface area contributed by atoms with Crippen molar-refractivity contribution in [2.75, 3.05) is 5.32 Å². The van der Waals surface area contributed by atoms with Gasteiger partial charge in [-0.1, -0.05) is 18.5 Å². The van der Waals surface area contributed by atoms with Gasteiger partial charge in [0.05, 0.1) is 11.9 Å². The highest BCUT2D eigenvalue weighted by atomic mass is 35.5. The molecule has 1 aliphatic carbocycles. The number of hydrogen-bond donors (Lipinski definition) is 1. The molecule has 0 amide bonds. The quantitative estimate of drug-likeness (QED) is 0.882. The molecule has 0 aromatic carbocycles. The third-order valence-electron chi connectivity index (χ3n) is 3.02. The van der Waals surface area contributed by atoms with E-state index in [9.17, 15) is 4.79 Å². The third kappa shape index (κ3) is 2.07. The number of anilines is 1. The highest BCUT2D eigenvalue weighted by Gasteiger charge is 2.26. The number of hydrogen-bond acceptors (Lipinski definition) is 3. The zero-order chi connectivity index (χ0) is 11.7. The van der Waals surface area contributed by atoms with Gasteiger partial charge in [-0.15, -0.1) is 0 Å². The molecule has 2 rings (SSSR count). The molecule has 1 aromatic heterocycles.